The molecule has 108 valence electrons. The van der Waals surface area contributed by atoms with E-state index in [4.69, 9.17) is 9.84 Å². The smallest absolute Gasteiger partial charge is 0.328 e. The topological polar surface area (TPSA) is 119 Å². The van der Waals surface area contributed by atoms with Crippen LogP contribution in [0.15, 0.2) is 18.2 Å². The summed E-state index contributed by atoms with van der Waals surface area (Å²) in [6, 6.07) is 1.62. The number of hydrogen-bond acceptors (Lipinski definition) is 5. The number of amides is 1. The van der Waals surface area contributed by atoms with Crippen molar-refractivity contribution in [3.63, 3.8) is 0 Å². The molecule has 0 radical (unpaired) electrons. The van der Waals surface area contributed by atoms with Gasteiger partial charge in [0.1, 0.15) is 6.67 Å². The van der Waals surface area contributed by atoms with Crippen molar-refractivity contribution in [3.05, 3.63) is 33.9 Å². The van der Waals surface area contributed by atoms with Crippen LogP contribution in [0.3, 0.4) is 0 Å². The third kappa shape index (κ3) is 3.40. The summed E-state index contributed by atoms with van der Waals surface area (Å²) in [5.74, 6) is -2.52. The Kier molecular flexibility index (Phi) is 4.95. The lowest BCUT2D eigenvalue weighted by Gasteiger charge is -2.11. The van der Waals surface area contributed by atoms with E-state index in [9.17, 15) is 24.1 Å². The molecule has 2 N–H and O–H groups in total. The quantitative estimate of drug-likeness (QED) is 0.588. The molecule has 1 rings (SSSR count). The summed E-state index contributed by atoms with van der Waals surface area (Å²) < 4.78 is 17.1. The Balaban J connectivity index is 3.02. The number of carbonyl (C=O) groups excluding carboxylic acids is 1. The van der Waals surface area contributed by atoms with Gasteiger partial charge in [0.15, 0.2) is 11.8 Å². The van der Waals surface area contributed by atoms with E-state index >= 15 is 0 Å². The van der Waals surface area contributed by atoms with Crippen LogP contribution in [0.1, 0.15) is 10.4 Å². The zero-order valence-electron chi connectivity index (χ0n) is 10.3. The van der Waals surface area contributed by atoms with Gasteiger partial charge < -0.3 is 15.2 Å². The fourth-order valence-corrected chi connectivity index (χ4v) is 1.38. The van der Waals surface area contributed by atoms with Gasteiger partial charge in [-0.2, -0.15) is 0 Å². The standard InChI is InChI=1S/C11H11FN2O6/c1-20-9-3-2-6(4-8(9)14(18)19)10(15)13-7(5-12)11(16)17/h2-4,7H,5H2,1H3,(H,13,15)(H,16,17). The van der Waals surface area contributed by atoms with E-state index in [1.807, 2.05) is 5.32 Å². The molecular formula is C11H11FN2O6. The van der Waals surface area contributed by atoms with Gasteiger partial charge in [0.05, 0.1) is 12.0 Å². The van der Waals surface area contributed by atoms with Crippen LogP contribution in [0.25, 0.3) is 0 Å². The molecule has 1 amide bonds. The number of halogens is 1. The first-order valence-electron chi connectivity index (χ1n) is 5.32. The summed E-state index contributed by atoms with van der Waals surface area (Å²) in [6.45, 7) is -1.29. The number of nitrogens with one attached hydrogen (secondary N) is 1. The molecule has 8 nitrogen and oxygen atoms in total. The van der Waals surface area contributed by atoms with Crippen LogP contribution in [-0.2, 0) is 4.79 Å². The van der Waals surface area contributed by atoms with E-state index in [1.54, 1.807) is 0 Å². The number of ether oxygens (including phenoxy) is 1. The zero-order chi connectivity index (χ0) is 15.3. The van der Waals surface area contributed by atoms with E-state index in [0.29, 0.717) is 0 Å². The Bertz CT molecular complexity index is 548. The molecule has 0 spiro atoms. The highest BCUT2D eigenvalue weighted by molar-refractivity contribution is 5.97. The van der Waals surface area contributed by atoms with Gasteiger partial charge in [0.2, 0.25) is 0 Å². The molecule has 1 unspecified atom stereocenters. The molecule has 0 saturated carbocycles. The van der Waals surface area contributed by atoms with Crippen LogP contribution in [0.2, 0.25) is 0 Å². The maximum atomic E-state index is 12.4. The first-order valence-corrected chi connectivity index (χ1v) is 5.32. The summed E-state index contributed by atoms with van der Waals surface area (Å²) in [4.78, 5) is 32.3. The van der Waals surface area contributed by atoms with Crippen LogP contribution in [-0.4, -0.2) is 41.7 Å². The van der Waals surface area contributed by atoms with Crippen molar-refractivity contribution in [2.45, 2.75) is 6.04 Å². The second-order valence-electron chi connectivity index (χ2n) is 3.66. The fourth-order valence-electron chi connectivity index (χ4n) is 1.38. The highest BCUT2D eigenvalue weighted by Crippen LogP contribution is 2.27. The molecular weight excluding hydrogens is 275 g/mol. The number of carboxylic acid groups (broad SMARTS) is 1. The lowest BCUT2D eigenvalue weighted by Crippen LogP contribution is -2.42. The number of methoxy groups -OCH3 is 1. The summed E-state index contributed by atoms with van der Waals surface area (Å²) in [6.07, 6.45) is 0. The number of nitrogens with zero attached hydrogens (tertiary/aromatic N) is 1. The third-order valence-corrected chi connectivity index (χ3v) is 2.40. The number of carboxylic acids is 1. The highest BCUT2D eigenvalue weighted by atomic mass is 19.1. The Labute approximate surface area is 112 Å². The second-order valence-corrected chi connectivity index (χ2v) is 3.66. The number of rotatable bonds is 6. The summed E-state index contributed by atoms with van der Waals surface area (Å²) >= 11 is 0. The van der Waals surface area contributed by atoms with Crippen LogP contribution in [0.5, 0.6) is 5.75 Å². The SMILES string of the molecule is COc1ccc(C(=O)NC(CF)C(=O)O)cc1[N+](=O)[O-]. The van der Waals surface area contributed by atoms with Crippen LogP contribution >= 0.6 is 0 Å². The van der Waals surface area contributed by atoms with E-state index in [-0.39, 0.29) is 11.3 Å². The fraction of sp³-hybridized carbons (Fsp3) is 0.273. The molecule has 1 aromatic rings. The van der Waals surface area contributed by atoms with E-state index in [1.165, 1.54) is 19.2 Å². The number of benzene rings is 1. The Morgan fingerprint density at radius 3 is 2.65 bits per heavy atom. The number of aliphatic carboxylic acids is 1. The molecule has 0 aliphatic rings. The number of alkyl halides is 1. The van der Waals surface area contributed by atoms with Crippen LogP contribution in [0.4, 0.5) is 10.1 Å². The van der Waals surface area contributed by atoms with Crippen LogP contribution in [0, 0.1) is 10.1 Å². The molecule has 0 fully saturated rings. The van der Waals surface area contributed by atoms with Gasteiger partial charge in [-0.15, -0.1) is 0 Å². The first-order chi connectivity index (χ1) is 9.40. The number of carbonyl (C=O) groups is 2. The molecule has 1 atom stereocenters. The second kappa shape index (κ2) is 6.45. The molecule has 0 aliphatic heterocycles. The average molecular weight is 286 g/mol. The van der Waals surface area contributed by atoms with Crippen molar-refractivity contribution < 1.29 is 28.7 Å². The van der Waals surface area contributed by atoms with Gasteiger partial charge in [-0.25, -0.2) is 9.18 Å². The molecule has 0 aliphatic carbocycles. The number of nitro groups is 1. The predicted molar refractivity (Wildman–Crippen MR) is 64.5 cm³/mol. The molecule has 0 bridgehead atoms. The van der Waals surface area contributed by atoms with E-state index < -0.39 is 35.2 Å². The molecule has 0 saturated heterocycles. The molecule has 20 heavy (non-hydrogen) atoms. The average Bonchev–Trinajstić information content (AvgIpc) is 2.43. The maximum Gasteiger partial charge on any atom is 0.328 e. The zero-order valence-corrected chi connectivity index (χ0v) is 10.3. The minimum absolute atomic E-state index is 0.0492. The van der Waals surface area contributed by atoms with Gasteiger partial charge in [0.25, 0.3) is 5.91 Å². The Morgan fingerprint density at radius 1 is 1.55 bits per heavy atom. The number of hydrogen-bond donors (Lipinski definition) is 2. The van der Waals surface area contributed by atoms with E-state index in [0.717, 1.165) is 6.07 Å². The Hall–Kier alpha value is -2.71. The summed E-state index contributed by atoms with van der Waals surface area (Å²) in [5, 5.41) is 21.3. The maximum absolute atomic E-state index is 12.4. The highest BCUT2D eigenvalue weighted by Gasteiger charge is 2.23. The molecule has 0 aromatic heterocycles. The van der Waals surface area contributed by atoms with Crippen molar-refractivity contribution in [3.8, 4) is 5.75 Å². The normalized spacial score (nSPS) is 11.5. The van der Waals surface area contributed by atoms with Crippen molar-refractivity contribution in [1.29, 1.82) is 0 Å². The van der Waals surface area contributed by atoms with Crippen molar-refractivity contribution in [2.75, 3.05) is 13.8 Å². The van der Waals surface area contributed by atoms with Gasteiger partial charge >= 0.3 is 11.7 Å². The minimum Gasteiger partial charge on any atom is -0.490 e. The molecule has 1 aromatic carbocycles. The van der Waals surface area contributed by atoms with Crippen molar-refractivity contribution in [2.24, 2.45) is 0 Å². The van der Waals surface area contributed by atoms with Crippen molar-refractivity contribution >= 4 is 17.6 Å². The largest absolute Gasteiger partial charge is 0.490 e. The lowest BCUT2D eigenvalue weighted by molar-refractivity contribution is -0.385. The van der Waals surface area contributed by atoms with Crippen molar-refractivity contribution in [1.82, 2.24) is 5.32 Å². The minimum atomic E-state index is -1.70. The lowest BCUT2D eigenvalue weighted by atomic mass is 10.1. The first kappa shape index (κ1) is 15.3. The molecule has 9 heteroatoms. The number of nitro benzene ring substituents is 1. The third-order valence-electron chi connectivity index (χ3n) is 2.40. The predicted octanol–water partition coefficient (Wildman–Crippen LogP) is 0.756. The van der Waals surface area contributed by atoms with Gasteiger partial charge in [-0.1, -0.05) is 0 Å². The van der Waals surface area contributed by atoms with Crippen LogP contribution < -0.4 is 10.1 Å². The van der Waals surface area contributed by atoms with Gasteiger partial charge in [-0.05, 0) is 12.1 Å². The summed E-state index contributed by atoms with van der Waals surface area (Å²) in [7, 11) is 1.23. The molecule has 0 heterocycles. The Morgan fingerprint density at radius 2 is 2.20 bits per heavy atom. The van der Waals surface area contributed by atoms with Gasteiger partial charge in [-0.3, -0.25) is 14.9 Å². The van der Waals surface area contributed by atoms with E-state index in [2.05, 4.69) is 0 Å². The monoisotopic (exact) mass is 286 g/mol. The summed E-state index contributed by atoms with van der Waals surface area (Å²) in [5.41, 5.74) is -0.621. The van der Waals surface area contributed by atoms with Gasteiger partial charge in [0, 0.05) is 11.6 Å².